The smallest absolute Gasteiger partial charge is 0.380 e. The molecule has 0 rings (SSSR count). The summed E-state index contributed by atoms with van der Waals surface area (Å²) < 4.78 is 105. The second-order valence-electron chi connectivity index (χ2n) is 5.59. The molecule has 0 heterocycles. The lowest BCUT2D eigenvalue weighted by atomic mass is 9.94. The zero-order valence-electron chi connectivity index (χ0n) is 12.8. The van der Waals surface area contributed by atoms with Gasteiger partial charge in [-0.3, -0.25) is 0 Å². The highest BCUT2D eigenvalue weighted by atomic mass is 19.4. The molecule has 0 aliphatic carbocycles. The number of alkyl halides is 8. The van der Waals surface area contributed by atoms with Crippen LogP contribution in [0.15, 0.2) is 0 Å². The lowest BCUT2D eigenvalue weighted by molar-refractivity contribution is -0.371. The summed E-state index contributed by atoms with van der Waals surface area (Å²) in [6.45, 7) is -0.686. The van der Waals surface area contributed by atoms with Gasteiger partial charge in [-0.1, -0.05) is 45.4 Å². The van der Waals surface area contributed by atoms with Crippen molar-refractivity contribution in [3.8, 4) is 0 Å². The van der Waals surface area contributed by atoms with Crippen molar-refractivity contribution in [1.29, 1.82) is 0 Å². The maximum absolute atomic E-state index is 13.3. The fraction of sp³-hybridized carbons (Fsp3) is 1.00. The maximum atomic E-state index is 13.3. The Morgan fingerprint density at radius 2 is 1.00 bits per heavy atom. The Bertz CT molecular complexity index is 344. The summed E-state index contributed by atoms with van der Waals surface area (Å²) in [6, 6.07) is 0. The molecular formula is C14H22F8O. The summed E-state index contributed by atoms with van der Waals surface area (Å²) >= 11 is 0. The van der Waals surface area contributed by atoms with E-state index in [1.807, 2.05) is 6.92 Å². The van der Waals surface area contributed by atoms with E-state index in [0.29, 0.717) is 12.8 Å². The van der Waals surface area contributed by atoms with Gasteiger partial charge in [-0.15, -0.1) is 0 Å². The summed E-state index contributed by atoms with van der Waals surface area (Å²) in [6.07, 6.45) is 1.95. The normalized spacial score (nSPS) is 14.3. The molecule has 0 spiro atoms. The van der Waals surface area contributed by atoms with E-state index in [-0.39, 0.29) is 6.42 Å². The molecule has 9 heteroatoms. The number of rotatable bonds is 12. The predicted molar refractivity (Wildman–Crippen MR) is 69.5 cm³/mol. The average molecular weight is 358 g/mol. The van der Waals surface area contributed by atoms with E-state index >= 15 is 0 Å². The molecule has 0 aromatic heterocycles. The Labute approximate surface area is 130 Å². The van der Waals surface area contributed by atoms with Gasteiger partial charge in [-0.25, -0.2) is 0 Å². The summed E-state index contributed by atoms with van der Waals surface area (Å²) in [5, 5.41) is 8.07. The van der Waals surface area contributed by atoms with Gasteiger partial charge >= 0.3 is 23.7 Å². The zero-order chi connectivity index (χ0) is 18.4. The van der Waals surface area contributed by atoms with E-state index < -0.39 is 43.1 Å². The fourth-order valence-corrected chi connectivity index (χ4v) is 2.02. The van der Waals surface area contributed by atoms with Crippen molar-refractivity contribution in [2.24, 2.45) is 0 Å². The molecule has 0 aromatic rings. The van der Waals surface area contributed by atoms with Crippen LogP contribution in [0.5, 0.6) is 0 Å². The molecule has 0 unspecified atom stereocenters. The Morgan fingerprint density at radius 3 is 1.43 bits per heavy atom. The molecule has 0 radical (unpaired) electrons. The van der Waals surface area contributed by atoms with Crippen molar-refractivity contribution in [3.63, 3.8) is 0 Å². The highest BCUT2D eigenvalue weighted by Gasteiger charge is 2.79. The zero-order valence-corrected chi connectivity index (χ0v) is 12.8. The van der Waals surface area contributed by atoms with Gasteiger partial charge in [0.05, 0.1) is 0 Å². The van der Waals surface area contributed by atoms with Crippen LogP contribution in [0, 0.1) is 0 Å². The molecule has 0 fully saturated rings. The van der Waals surface area contributed by atoms with Crippen LogP contribution in [-0.4, -0.2) is 35.4 Å². The van der Waals surface area contributed by atoms with E-state index in [2.05, 4.69) is 0 Å². The minimum absolute atomic E-state index is 0.122. The number of unbranched alkanes of at least 4 members (excludes halogenated alkanes) is 6. The lowest BCUT2D eigenvalue weighted by Gasteiger charge is -2.36. The molecule has 0 atom stereocenters. The first kappa shape index (κ1) is 22.4. The lowest BCUT2D eigenvalue weighted by Crippen LogP contribution is -2.63. The molecular weight excluding hydrogens is 336 g/mol. The first-order valence-electron chi connectivity index (χ1n) is 7.49. The van der Waals surface area contributed by atoms with Gasteiger partial charge in [-0.2, -0.15) is 35.1 Å². The van der Waals surface area contributed by atoms with E-state index in [1.165, 1.54) is 0 Å². The van der Waals surface area contributed by atoms with Crippen LogP contribution >= 0.6 is 0 Å². The summed E-state index contributed by atoms with van der Waals surface area (Å²) in [4.78, 5) is 0. The van der Waals surface area contributed by atoms with Gasteiger partial charge in [0.15, 0.2) is 0 Å². The van der Waals surface area contributed by atoms with Crippen LogP contribution in [0.3, 0.4) is 0 Å². The monoisotopic (exact) mass is 358 g/mol. The summed E-state index contributed by atoms with van der Waals surface area (Å²) in [7, 11) is 0. The average Bonchev–Trinajstić information content (AvgIpc) is 2.45. The molecule has 1 N–H and O–H groups in total. The molecule has 0 amide bonds. The van der Waals surface area contributed by atoms with Crippen LogP contribution in [0.2, 0.25) is 0 Å². The molecule has 0 saturated heterocycles. The van der Waals surface area contributed by atoms with Gasteiger partial charge in [0.25, 0.3) is 0 Å². The minimum atomic E-state index is -6.35. The standard InChI is InChI=1S/C14H22F8O/c1-2-3-4-5-6-7-8-9-11(15,16)13(19,20)14(21,22)12(17,18)10-23/h23H,2-10H2,1H3. The molecule has 23 heavy (non-hydrogen) atoms. The number of aliphatic hydroxyl groups is 1. The summed E-state index contributed by atoms with van der Waals surface area (Å²) in [5.74, 6) is -23.5. The highest BCUT2D eigenvalue weighted by Crippen LogP contribution is 2.53. The van der Waals surface area contributed by atoms with Crippen molar-refractivity contribution in [3.05, 3.63) is 0 Å². The first-order chi connectivity index (χ1) is 10.4. The number of hydrogen-bond acceptors (Lipinski definition) is 1. The molecule has 0 aliphatic rings. The Morgan fingerprint density at radius 1 is 0.609 bits per heavy atom. The van der Waals surface area contributed by atoms with E-state index in [4.69, 9.17) is 5.11 Å². The number of hydrogen-bond donors (Lipinski definition) is 1. The van der Waals surface area contributed by atoms with Gasteiger partial charge in [0.2, 0.25) is 0 Å². The van der Waals surface area contributed by atoms with Gasteiger partial charge in [0.1, 0.15) is 6.61 Å². The molecule has 1 nitrogen and oxygen atoms in total. The Balaban J connectivity index is 4.66. The van der Waals surface area contributed by atoms with Gasteiger partial charge < -0.3 is 5.11 Å². The topological polar surface area (TPSA) is 20.2 Å². The van der Waals surface area contributed by atoms with Crippen LogP contribution in [0.25, 0.3) is 0 Å². The largest absolute Gasteiger partial charge is 0.390 e. The number of aliphatic hydroxyl groups excluding tert-OH is 1. The van der Waals surface area contributed by atoms with E-state index in [0.717, 1.165) is 19.3 Å². The van der Waals surface area contributed by atoms with Crippen LogP contribution in [0.4, 0.5) is 35.1 Å². The van der Waals surface area contributed by atoms with Crippen molar-refractivity contribution in [2.75, 3.05) is 6.61 Å². The van der Waals surface area contributed by atoms with Crippen molar-refractivity contribution >= 4 is 0 Å². The third-order valence-electron chi connectivity index (χ3n) is 3.61. The second kappa shape index (κ2) is 8.48. The summed E-state index contributed by atoms with van der Waals surface area (Å²) in [5.41, 5.74) is 0. The second-order valence-corrected chi connectivity index (χ2v) is 5.59. The molecule has 140 valence electrons. The van der Waals surface area contributed by atoms with Crippen LogP contribution < -0.4 is 0 Å². The molecule has 0 saturated carbocycles. The first-order valence-corrected chi connectivity index (χ1v) is 7.49. The van der Waals surface area contributed by atoms with Gasteiger partial charge in [0, 0.05) is 6.42 Å². The van der Waals surface area contributed by atoms with Gasteiger partial charge in [-0.05, 0) is 6.42 Å². The van der Waals surface area contributed by atoms with E-state index in [1.54, 1.807) is 0 Å². The van der Waals surface area contributed by atoms with Crippen molar-refractivity contribution < 1.29 is 40.2 Å². The Kier molecular flexibility index (Phi) is 8.26. The third kappa shape index (κ3) is 5.19. The molecule has 0 bridgehead atoms. The molecule has 0 aromatic carbocycles. The fourth-order valence-electron chi connectivity index (χ4n) is 2.02. The van der Waals surface area contributed by atoms with Crippen molar-refractivity contribution in [2.45, 2.75) is 82.0 Å². The third-order valence-corrected chi connectivity index (χ3v) is 3.61. The maximum Gasteiger partial charge on any atom is 0.380 e. The predicted octanol–water partition coefficient (Wildman–Crippen LogP) is 5.66. The van der Waals surface area contributed by atoms with Crippen LogP contribution in [0.1, 0.15) is 58.3 Å². The van der Waals surface area contributed by atoms with Crippen LogP contribution in [-0.2, 0) is 0 Å². The van der Waals surface area contributed by atoms with E-state index in [9.17, 15) is 35.1 Å². The van der Waals surface area contributed by atoms with Crippen molar-refractivity contribution in [1.82, 2.24) is 0 Å². The molecule has 0 aliphatic heterocycles. The quantitative estimate of drug-likeness (QED) is 0.352. The Hall–Kier alpha value is -0.600. The highest BCUT2D eigenvalue weighted by molar-refractivity contribution is 5.03. The minimum Gasteiger partial charge on any atom is -0.390 e. The SMILES string of the molecule is CCCCCCCCCC(F)(F)C(F)(F)C(F)(F)C(F)(F)CO. The number of halogens is 8.